The smallest absolute Gasteiger partial charge is 0.191 e. The molecule has 0 bridgehead atoms. The van der Waals surface area contributed by atoms with Crippen LogP contribution in [-0.2, 0) is 16.3 Å². The molecule has 0 aliphatic carbocycles. The molecule has 1 unspecified atom stereocenters. The SMILES string of the molecule is CCNC(=NCCc1ccc(Cl)cc1)NC(C)CCS(C)(=O)=O. The first-order valence-corrected chi connectivity index (χ1v) is 10.2. The number of rotatable bonds is 8. The third-order valence-corrected chi connectivity index (χ3v) is 4.46. The molecular weight excluding hydrogens is 334 g/mol. The van der Waals surface area contributed by atoms with Gasteiger partial charge < -0.3 is 10.6 Å². The highest BCUT2D eigenvalue weighted by Crippen LogP contribution is 2.09. The van der Waals surface area contributed by atoms with Crippen LogP contribution in [0.15, 0.2) is 29.3 Å². The van der Waals surface area contributed by atoms with Crippen molar-refractivity contribution in [3.8, 4) is 0 Å². The Bertz CT molecular complexity index is 600. The van der Waals surface area contributed by atoms with E-state index in [-0.39, 0.29) is 11.8 Å². The fourth-order valence-corrected chi connectivity index (χ4v) is 2.87. The fourth-order valence-electron chi connectivity index (χ4n) is 1.96. The molecule has 0 aliphatic heterocycles. The predicted molar refractivity (Wildman–Crippen MR) is 98.1 cm³/mol. The largest absolute Gasteiger partial charge is 0.357 e. The molecule has 1 aromatic carbocycles. The molecule has 1 atom stereocenters. The summed E-state index contributed by atoms with van der Waals surface area (Å²) in [6, 6.07) is 7.77. The van der Waals surface area contributed by atoms with Crippen molar-refractivity contribution in [1.29, 1.82) is 0 Å². The van der Waals surface area contributed by atoms with E-state index in [1.54, 1.807) is 0 Å². The number of nitrogens with zero attached hydrogens (tertiary/aromatic N) is 1. The Morgan fingerprint density at radius 3 is 2.52 bits per heavy atom. The second-order valence-electron chi connectivity index (χ2n) is 5.60. The first-order valence-electron chi connectivity index (χ1n) is 7.77. The van der Waals surface area contributed by atoms with Gasteiger partial charge in [-0.2, -0.15) is 0 Å². The van der Waals surface area contributed by atoms with E-state index in [0.717, 1.165) is 18.0 Å². The van der Waals surface area contributed by atoms with Gasteiger partial charge in [0, 0.05) is 30.4 Å². The Morgan fingerprint density at radius 1 is 1.30 bits per heavy atom. The minimum atomic E-state index is -2.93. The van der Waals surface area contributed by atoms with Gasteiger partial charge in [0.2, 0.25) is 0 Å². The number of hydrogen-bond acceptors (Lipinski definition) is 3. The van der Waals surface area contributed by atoms with E-state index in [0.29, 0.717) is 18.9 Å². The van der Waals surface area contributed by atoms with Crippen molar-refractivity contribution in [2.45, 2.75) is 32.7 Å². The normalized spacial score (nSPS) is 13.7. The zero-order valence-electron chi connectivity index (χ0n) is 14.0. The minimum Gasteiger partial charge on any atom is -0.357 e. The molecule has 0 aromatic heterocycles. The number of guanidine groups is 1. The third-order valence-electron chi connectivity index (χ3n) is 3.23. The van der Waals surface area contributed by atoms with Crippen molar-refractivity contribution < 1.29 is 8.42 Å². The zero-order valence-corrected chi connectivity index (χ0v) is 15.5. The van der Waals surface area contributed by atoms with Crippen LogP contribution in [0.4, 0.5) is 0 Å². The predicted octanol–water partition coefficient (Wildman–Crippen LogP) is 2.26. The highest BCUT2D eigenvalue weighted by molar-refractivity contribution is 7.90. The number of hydrogen-bond donors (Lipinski definition) is 2. The maximum Gasteiger partial charge on any atom is 0.191 e. The maximum atomic E-state index is 11.2. The monoisotopic (exact) mass is 359 g/mol. The van der Waals surface area contributed by atoms with Crippen LogP contribution in [0.1, 0.15) is 25.8 Å². The Kier molecular flexibility index (Phi) is 8.41. The van der Waals surface area contributed by atoms with Crippen molar-refractivity contribution in [2.24, 2.45) is 4.99 Å². The van der Waals surface area contributed by atoms with E-state index >= 15 is 0 Å². The van der Waals surface area contributed by atoms with Gasteiger partial charge in [0.25, 0.3) is 0 Å². The lowest BCUT2D eigenvalue weighted by Gasteiger charge is -2.17. The van der Waals surface area contributed by atoms with Crippen molar-refractivity contribution >= 4 is 27.4 Å². The molecule has 0 saturated heterocycles. The summed E-state index contributed by atoms with van der Waals surface area (Å²) in [5, 5.41) is 7.14. The summed E-state index contributed by atoms with van der Waals surface area (Å²) < 4.78 is 22.4. The number of halogens is 1. The van der Waals surface area contributed by atoms with Gasteiger partial charge in [-0.15, -0.1) is 0 Å². The average molecular weight is 360 g/mol. The van der Waals surface area contributed by atoms with Crippen molar-refractivity contribution in [3.05, 3.63) is 34.9 Å². The number of nitrogens with one attached hydrogen (secondary N) is 2. The van der Waals surface area contributed by atoms with Gasteiger partial charge in [0.05, 0.1) is 5.75 Å². The fraction of sp³-hybridized carbons (Fsp3) is 0.562. The van der Waals surface area contributed by atoms with Crippen LogP contribution in [0, 0.1) is 0 Å². The molecule has 2 N–H and O–H groups in total. The van der Waals surface area contributed by atoms with E-state index in [9.17, 15) is 8.42 Å². The zero-order chi connectivity index (χ0) is 17.3. The summed E-state index contributed by atoms with van der Waals surface area (Å²) in [5.74, 6) is 0.883. The Labute approximate surface area is 144 Å². The van der Waals surface area contributed by atoms with Crippen LogP contribution < -0.4 is 10.6 Å². The van der Waals surface area contributed by atoms with Gasteiger partial charge in [-0.05, 0) is 44.4 Å². The van der Waals surface area contributed by atoms with Gasteiger partial charge in [0.15, 0.2) is 5.96 Å². The van der Waals surface area contributed by atoms with Crippen LogP contribution in [0.3, 0.4) is 0 Å². The summed E-state index contributed by atoms with van der Waals surface area (Å²) >= 11 is 5.87. The summed E-state index contributed by atoms with van der Waals surface area (Å²) in [6.07, 6.45) is 2.64. The van der Waals surface area contributed by atoms with Gasteiger partial charge >= 0.3 is 0 Å². The van der Waals surface area contributed by atoms with Gasteiger partial charge in [-0.3, -0.25) is 4.99 Å². The van der Waals surface area contributed by atoms with E-state index < -0.39 is 9.84 Å². The van der Waals surface area contributed by atoms with Crippen LogP contribution in [-0.4, -0.2) is 45.5 Å². The van der Waals surface area contributed by atoms with E-state index in [4.69, 9.17) is 11.6 Å². The lowest BCUT2D eigenvalue weighted by Crippen LogP contribution is -2.43. The number of benzene rings is 1. The van der Waals surface area contributed by atoms with Gasteiger partial charge in [-0.25, -0.2) is 8.42 Å². The standard InChI is InChI=1S/C16H26ClN3O2S/c1-4-18-16(20-13(2)10-12-23(3,21)22)19-11-9-14-5-7-15(17)8-6-14/h5-8,13H,4,9-12H2,1-3H3,(H2,18,19,20). The van der Waals surface area contributed by atoms with Gasteiger partial charge in [0.1, 0.15) is 9.84 Å². The number of aliphatic imine (C=N–C) groups is 1. The molecule has 0 aliphatic rings. The van der Waals surface area contributed by atoms with Crippen LogP contribution in [0.25, 0.3) is 0 Å². The molecule has 0 fully saturated rings. The lowest BCUT2D eigenvalue weighted by molar-refractivity contribution is 0.581. The van der Waals surface area contributed by atoms with E-state index in [1.165, 1.54) is 11.8 Å². The first-order chi connectivity index (χ1) is 10.8. The lowest BCUT2D eigenvalue weighted by atomic mass is 10.1. The molecule has 0 spiro atoms. The molecule has 0 heterocycles. The summed E-state index contributed by atoms with van der Waals surface area (Å²) in [5.41, 5.74) is 1.18. The van der Waals surface area contributed by atoms with Crippen LogP contribution >= 0.6 is 11.6 Å². The number of sulfone groups is 1. The van der Waals surface area contributed by atoms with Crippen molar-refractivity contribution in [1.82, 2.24) is 10.6 Å². The highest BCUT2D eigenvalue weighted by atomic mass is 35.5. The Hall–Kier alpha value is -1.27. The molecule has 0 amide bonds. The first kappa shape index (κ1) is 19.8. The van der Waals surface area contributed by atoms with Crippen LogP contribution in [0.5, 0.6) is 0 Å². The molecule has 0 radical (unpaired) electrons. The quantitative estimate of drug-likeness (QED) is 0.551. The second-order valence-corrected chi connectivity index (χ2v) is 8.30. The third kappa shape index (κ3) is 9.46. The molecule has 130 valence electrons. The van der Waals surface area contributed by atoms with Crippen LogP contribution in [0.2, 0.25) is 5.02 Å². The van der Waals surface area contributed by atoms with E-state index in [2.05, 4.69) is 15.6 Å². The van der Waals surface area contributed by atoms with Crippen molar-refractivity contribution in [3.63, 3.8) is 0 Å². The highest BCUT2D eigenvalue weighted by Gasteiger charge is 2.09. The molecule has 7 heteroatoms. The summed E-state index contributed by atoms with van der Waals surface area (Å²) in [7, 11) is -2.93. The molecule has 5 nitrogen and oxygen atoms in total. The topological polar surface area (TPSA) is 70.6 Å². The Balaban J connectivity index is 2.50. The molecular formula is C16H26ClN3O2S. The molecule has 0 saturated carbocycles. The summed E-state index contributed by atoms with van der Waals surface area (Å²) in [6.45, 7) is 5.36. The average Bonchev–Trinajstić information content (AvgIpc) is 2.47. The minimum absolute atomic E-state index is 0.0399. The molecule has 1 rings (SSSR count). The molecule has 1 aromatic rings. The second kappa shape index (κ2) is 9.78. The molecule has 23 heavy (non-hydrogen) atoms. The van der Waals surface area contributed by atoms with Crippen molar-refractivity contribution in [2.75, 3.05) is 25.1 Å². The summed E-state index contributed by atoms with van der Waals surface area (Å²) in [4.78, 5) is 4.53. The van der Waals surface area contributed by atoms with Gasteiger partial charge in [-0.1, -0.05) is 23.7 Å². The Morgan fingerprint density at radius 2 is 1.96 bits per heavy atom. The maximum absolute atomic E-state index is 11.2. The van der Waals surface area contributed by atoms with E-state index in [1.807, 2.05) is 38.1 Å².